The highest BCUT2D eigenvalue weighted by Crippen LogP contribution is 2.20. The van der Waals surface area contributed by atoms with Crippen molar-refractivity contribution in [3.05, 3.63) is 42.6 Å². The Bertz CT molecular complexity index is 447. The van der Waals surface area contributed by atoms with E-state index in [0.717, 1.165) is 11.1 Å². The lowest BCUT2D eigenvalue weighted by Crippen LogP contribution is -1.91. The third kappa shape index (κ3) is 1.50. The summed E-state index contributed by atoms with van der Waals surface area (Å²) >= 11 is 0. The smallest absolute Gasteiger partial charge is 0.371 e. The summed E-state index contributed by atoms with van der Waals surface area (Å²) < 4.78 is 4.86. The predicted octanol–water partition coefficient (Wildman–Crippen LogP) is 2.04. The van der Waals surface area contributed by atoms with Crippen LogP contribution in [-0.4, -0.2) is 16.1 Å². The predicted molar refractivity (Wildman–Crippen MR) is 48.9 cm³/mol. The first-order valence-electron chi connectivity index (χ1n) is 3.99. The molecule has 0 atom stereocenters. The number of pyridine rings is 1. The molecule has 0 aliphatic heterocycles. The zero-order chi connectivity index (χ0) is 9.97. The van der Waals surface area contributed by atoms with Crippen molar-refractivity contribution in [1.29, 1.82) is 0 Å². The van der Waals surface area contributed by atoms with Crippen LogP contribution in [0.25, 0.3) is 11.1 Å². The lowest BCUT2D eigenvalue weighted by Gasteiger charge is -1.92. The standard InChI is InChI=1S/C10H7NO3/c12-10(13)9-5-8(6-14-9)7-1-3-11-4-2-7/h1-6H,(H,12,13). The van der Waals surface area contributed by atoms with Crippen molar-refractivity contribution in [3.63, 3.8) is 0 Å². The summed E-state index contributed by atoms with van der Waals surface area (Å²) in [7, 11) is 0. The van der Waals surface area contributed by atoms with Crippen molar-refractivity contribution in [2.45, 2.75) is 0 Å². The normalized spacial score (nSPS) is 10.0. The molecule has 0 aromatic carbocycles. The quantitative estimate of drug-likeness (QED) is 0.785. The van der Waals surface area contributed by atoms with Gasteiger partial charge < -0.3 is 9.52 Å². The third-order valence-corrected chi connectivity index (χ3v) is 1.82. The SMILES string of the molecule is O=C(O)c1cc(-c2ccncc2)co1. The zero-order valence-electron chi connectivity index (χ0n) is 7.18. The van der Waals surface area contributed by atoms with Gasteiger partial charge in [0.25, 0.3) is 0 Å². The van der Waals surface area contributed by atoms with Crippen LogP contribution in [0.15, 0.2) is 41.3 Å². The second-order valence-electron chi connectivity index (χ2n) is 2.74. The summed E-state index contributed by atoms with van der Waals surface area (Å²) in [6.07, 6.45) is 4.70. The number of aromatic carboxylic acids is 1. The molecule has 0 aliphatic carbocycles. The van der Waals surface area contributed by atoms with E-state index in [4.69, 9.17) is 9.52 Å². The van der Waals surface area contributed by atoms with Gasteiger partial charge in [0, 0.05) is 18.0 Å². The first-order valence-corrected chi connectivity index (χ1v) is 3.99. The number of nitrogens with zero attached hydrogens (tertiary/aromatic N) is 1. The van der Waals surface area contributed by atoms with Crippen molar-refractivity contribution in [2.75, 3.05) is 0 Å². The number of aromatic nitrogens is 1. The highest BCUT2D eigenvalue weighted by molar-refractivity contribution is 5.86. The van der Waals surface area contributed by atoms with Crippen molar-refractivity contribution in [1.82, 2.24) is 4.98 Å². The zero-order valence-corrected chi connectivity index (χ0v) is 7.18. The summed E-state index contributed by atoms with van der Waals surface area (Å²) in [5, 5.41) is 8.64. The van der Waals surface area contributed by atoms with Gasteiger partial charge in [0.05, 0.1) is 6.26 Å². The largest absolute Gasteiger partial charge is 0.475 e. The van der Waals surface area contributed by atoms with Gasteiger partial charge in [-0.2, -0.15) is 0 Å². The molecule has 0 radical (unpaired) electrons. The van der Waals surface area contributed by atoms with Crippen LogP contribution in [0.4, 0.5) is 0 Å². The molecule has 0 aliphatic rings. The maximum atomic E-state index is 10.5. The highest BCUT2D eigenvalue weighted by atomic mass is 16.4. The van der Waals surface area contributed by atoms with E-state index in [1.807, 2.05) is 0 Å². The Kier molecular flexibility index (Phi) is 2.02. The number of hydrogen-bond acceptors (Lipinski definition) is 3. The number of hydrogen-bond donors (Lipinski definition) is 1. The summed E-state index contributed by atoms with van der Waals surface area (Å²) in [4.78, 5) is 14.4. The Morgan fingerprint density at radius 3 is 2.57 bits per heavy atom. The van der Waals surface area contributed by atoms with E-state index in [1.54, 1.807) is 24.5 Å². The molecule has 14 heavy (non-hydrogen) atoms. The van der Waals surface area contributed by atoms with E-state index in [0.29, 0.717) is 0 Å². The highest BCUT2D eigenvalue weighted by Gasteiger charge is 2.09. The fourth-order valence-corrected chi connectivity index (χ4v) is 1.14. The molecule has 2 aromatic heterocycles. The summed E-state index contributed by atoms with van der Waals surface area (Å²) in [6, 6.07) is 5.06. The average molecular weight is 189 g/mol. The van der Waals surface area contributed by atoms with Gasteiger partial charge in [-0.3, -0.25) is 4.98 Å². The minimum Gasteiger partial charge on any atom is -0.475 e. The first-order chi connectivity index (χ1) is 6.77. The van der Waals surface area contributed by atoms with Crippen LogP contribution in [0.3, 0.4) is 0 Å². The minimum absolute atomic E-state index is 0.0585. The van der Waals surface area contributed by atoms with E-state index < -0.39 is 5.97 Å². The Balaban J connectivity index is 2.39. The molecule has 4 heteroatoms. The molecule has 0 fully saturated rings. The van der Waals surface area contributed by atoms with Crippen LogP contribution in [0, 0.1) is 0 Å². The fraction of sp³-hybridized carbons (Fsp3) is 0. The minimum atomic E-state index is -1.06. The molecule has 1 N–H and O–H groups in total. The van der Waals surface area contributed by atoms with Crippen LogP contribution in [-0.2, 0) is 0 Å². The molecule has 70 valence electrons. The molecular weight excluding hydrogens is 182 g/mol. The maximum Gasteiger partial charge on any atom is 0.371 e. The lowest BCUT2D eigenvalue weighted by molar-refractivity contribution is 0.0662. The van der Waals surface area contributed by atoms with Crippen molar-refractivity contribution >= 4 is 5.97 Å². The Hall–Kier alpha value is -2.10. The number of rotatable bonds is 2. The van der Waals surface area contributed by atoms with Crippen molar-refractivity contribution < 1.29 is 14.3 Å². The Labute approximate surface area is 79.8 Å². The monoisotopic (exact) mass is 189 g/mol. The second-order valence-corrected chi connectivity index (χ2v) is 2.74. The molecule has 0 saturated carbocycles. The van der Waals surface area contributed by atoms with Crippen LogP contribution in [0.5, 0.6) is 0 Å². The van der Waals surface area contributed by atoms with Gasteiger partial charge in [-0.15, -0.1) is 0 Å². The van der Waals surface area contributed by atoms with Gasteiger partial charge in [0.15, 0.2) is 0 Å². The molecule has 4 nitrogen and oxygen atoms in total. The third-order valence-electron chi connectivity index (χ3n) is 1.82. The summed E-state index contributed by atoms with van der Waals surface area (Å²) in [5.74, 6) is -1.12. The fourth-order valence-electron chi connectivity index (χ4n) is 1.14. The van der Waals surface area contributed by atoms with E-state index >= 15 is 0 Å². The molecule has 0 bridgehead atoms. The first kappa shape index (κ1) is 8.50. The molecule has 0 amide bonds. The van der Waals surface area contributed by atoms with E-state index in [2.05, 4.69) is 4.98 Å². The van der Waals surface area contributed by atoms with Gasteiger partial charge in [-0.25, -0.2) is 4.79 Å². The molecule has 0 unspecified atom stereocenters. The van der Waals surface area contributed by atoms with Crippen LogP contribution in [0.2, 0.25) is 0 Å². The van der Waals surface area contributed by atoms with E-state index in [1.165, 1.54) is 12.3 Å². The van der Waals surface area contributed by atoms with Crippen LogP contribution in [0.1, 0.15) is 10.6 Å². The molecule has 0 spiro atoms. The summed E-state index contributed by atoms with van der Waals surface area (Å²) in [6.45, 7) is 0. The molecular formula is C10H7NO3. The molecule has 2 heterocycles. The van der Waals surface area contributed by atoms with Crippen LogP contribution < -0.4 is 0 Å². The van der Waals surface area contributed by atoms with Gasteiger partial charge >= 0.3 is 5.97 Å². The Morgan fingerprint density at radius 2 is 2.00 bits per heavy atom. The van der Waals surface area contributed by atoms with Crippen molar-refractivity contribution in [2.24, 2.45) is 0 Å². The lowest BCUT2D eigenvalue weighted by atomic mass is 10.1. The molecule has 2 rings (SSSR count). The van der Waals surface area contributed by atoms with Gasteiger partial charge in [-0.05, 0) is 23.8 Å². The van der Waals surface area contributed by atoms with Gasteiger partial charge in [0.2, 0.25) is 5.76 Å². The van der Waals surface area contributed by atoms with Crippen molar-refractivity contribution in [3.8, 4) is 11.1 Å². The van der Waals surface area contributed by atoms with Crippen LogP contribution >= 0.6 is 0 Å². The van der Waals surface area contributed by atoms with Gasteiger partial charge in [-0.1, -0.05) is 0 Å². The number of carboxylic acids is 1. The number of carbonyl (C=O) groups is 1. The molecule has 2 aromatic rings. The summed E-state index contributed by atoms with van der Waals surface area (Å²) in [5.41, 5.74) is 1.63. The second kappa shape index (κ2) is 3.33. The van der Waals surface area contributed by atoms with E-state index in [-0.39, 0.29) is 5.76 Å². The number of carboxylic acid groups (broad SMARTS) is 1. The van der Waals surface area contributed by atoms with E-state index in [9.17, 15) is 4.79 Å². The maximum absolute atomic E-state index is 10.5. The van der Waals surface area contributed by atoms with Gasteiger partial charge in [0.1, 0.15) is 0 Å². The Morgan fingerprint density at radius 1 is 1.29 bits per heavy atom. The topological polar surface area (TPSA) is 63.3 Å². The molecule has 0 saturated heterocycles. The number of furan rings is 1. The average Bonchev–Trinajstić information content (AvgIpc) is 2.68.